The van der Waals surface area contributed by atoms with E-state index in [0.29, 0.717) is 17.9 Å². The van der Waals surface area contributed by atoms with Crippen LogP contribution < -0.4 is 0 Å². The fraction of sp³-hybridized carbons (Fsp3) is 0.300. The zero-order valence-electron chi connectivity index (χ0n) is 12.8. The summed E-state index contributed by atoms with van der Waals surface area (Å²) in [6.07, 6.45) is 7.04. The first-order chi connectivity index (χ1) is 10.6. The Morgan fingerprint density at radius 3 is 2.14 bits per heavy atom. The van der Waals surface area contributed by atoms with Gasteiger partial charge in [0.2, 0.25) is 0 Å². The average molecular weight is 313 g/mol. The van der Waals surface area contributed by atoms with E-state index in [4.69, 9.17) is 18.0 Å². The molecule has 0 aliphatic heterocycles. The van der Waals surface area contributed by atoms with E-state index in [0.717, 1.165) is 17.5 Å². The van der Waals surface area contributed by atoms with Gasteiger partial charge in [-0.05, 0) is 43.0 Å². The van der Waals surface area contributed by atoms with Crippen LogP contribution in [0.25, 0.3) is 0 Å². The monoisotopic (exact) mass is 312 g/mol. The van der Waals surface area contributed by atoms with Crippen LogP contribution in [0.1, 0.15) is 41.9 Å². The SMILES string of the molecule is C#CCCCC(O)C(c1ccc(C)cc1)c1ccc(Cl)cc1. The van der Waals surface area contributed by atoms with E-state index in [2.05, 4.69) is 37.1 Å². The first-order valence-electron chi connectivity index (χ1n) is 7.55. The Bertz CT molecular complexity index is 577. The maximum Gasteiger partial charge on any atom is 0.0649 e. The van der Waals surface area contributed by atoms with Crippen molar-refractivity contribution in [3.63, 3.8) is 0 Å². The lowest BCUT2D eigenvalue weighted by Gasteiger charge is -2.24. The molecule has 1 nitrogen and oxygen atoms in total. The molecular weight excluding hydrogens is 292 g/mol. The number of halogens is 1. The van der Waals surface area contributed by atoms with Gasteiger partial charge in [0.25, 0.3) is 0 Å². The molecule has 0 aromatic heterocycles. The maximum atomic E-state index is 10.7. The van der Waals surface area contributed by atoms with E-state index in [1.165, 1.54) is 5.56 Å². The van der Waals surface area contributed by atoms with Gasteiger partial charge >= 0.3 is 0 Å². The van der Waals surface area contributed by atoms with Gasteiger partial charge in [-0.2, -0.15) is 0 Å². The van der Waals surface area contributed by atoms with E-state index in [1.54, 1.807) is 0 Å². The van der Waals surface area contributed by atoms with Crippen LogP contribution in [-0.4, -0.2) is 11.2 Å². The number of hydrogen-bond acceptors (Lipinski definition) is 1. The molecule has 0 bridgehead atoms. The summed E-state index contributed by atoms with van der Waals surface area (Å²) in [7, 11) is 0. The molecule has 1 N–H and O–H groups in total. The van der Waals surface area contributed by atoms with Gasteiger partial charge in [0.15, 0.2) is 0 Å². The Labute approximate surface area is 138 Å². The van der Waals surface area contributed by atoms with Crippen LogP contribution in [0.3, 0.4) is 0 Å². The summed E-state index contributed by atoms with van der Waals surface area (Å²) in [5.74, 6) is 2.57. The van der Waals surface area contributed by atoms with Crippen LogP contribution in [0.2, 0.25) is 5.02 Å². The van der Waals surface area contributed by atoms with Crippen molar-refractivity contribution in [2.24, 2.45) is 0 Å². The van der Waals surface area contributed by atoms with Gasteiger partial charge in [0.05, 0.1) is 6.10 Å². The number of aliphatic hydroxyl groups excluding tert-OH is 1. The summed E-state index contributed by atoms with van der Waals surface area (Å²) in [5.41, 5.74) is 3.39. The van der Waals surface area contributed by atoms with Crippen LogP contribution >= 0.6 is 11.6 Å². The molecule has 0 spiro atoms. The molecule has 2 aromatic carbocycles. The van der Waals surface area contributed by atoms with Gasteiger partial charge in [0.1, 0.15) is 0 Å². The second-order valence-corrected chi connectivity index (χ2v) is 6.04. The van der Waals surface area contributed by atoms with Crippen molar-refractivity contribution in [2.45, 2.75) is 38.2 Å². The largest absolute Gasteiger partial charge is 0.392 e. The van der Waals surface area contributed by atoms with Crippen molar-refractivity contribution in [1.82, 2.24) is 0 Å². The number of aryl methyl sites for hydroxylation is 1. The molecule has 2 aromatic rings. The number of rotatable bonds is 6. The summed E-state index contributed by atoms with van der Waals surface area (Å²) < 4.78 is 0. The summed E-state index contributed by atoms with van der Waals surface area (Å²) in [6, 6.07) is 16.0. The molecule has 2 heteroatoms. The zero-order chi connectivity index (χ0) is 15.9. The fourth-order valence-electron chi connectivity index (χ4n) is 2.66. The van der Waals surface area contributed by atoms with E-state index >= 15 is 0 Å². The smallest absolute Gasteiger partial charge is 0.0649 e. The van der Waals surface area contributed by atoms with Crippen molar-refractivity contribution in [3.05, 3.63) is 70.2 Å². The van der Waals surface area contributed by atoms with Gasteiger partial charge in [0, 0.05) is 17.4 Å². The Hall–Kier alpha value is -1.75. The third kappa shape index (κ3) is 4.37. The fourth-order valence-corrected chi connectivity index (χ4v) is 2.79. The zero-order valence-corrected chi connectivity index (χ0v) is 13.6. The first-order valence-corrected chi connectivity index (χ1v) is 7.93. The molecule has 0 amide bonds. The number of terminal acetylenes is 1. The number of hydrogen-bond donors (Lipinski definition) is 1. The quantitative estimate of drug-likeness (QED) is 0.591. The third-order valence-corrected chi connectivity index (χ3v) is 4.12. The molecule has 22 heavy (non-hydrogen) atoms. The topological polar surface area (TPSA) is 20.2 Å². The van der Waals surface area contributed by atoms with Crippen molar-refractivity contribution >= 4 is 11.6 Å². The molecule has 0 heterocycles. The van der Waals surface area contributed by atoms with Gasteiger partial charge in [-0.25, -0.2) is 0 Å². The molecule has 2 unspecified atom stereocenters. The van der Waals surface area contributed by atoms with E-state index < -0.39 is 6.10 Å². The predicted octanol–water partition coefficient (Wildman–Crippen LogP) is 4.94. The molecule has 0 fully saturated rings. The van der Waals surface area contributed by atoms with Crippen molar-refractivity contribution in [2.75, 3.05) is 0 Å². The highest BCUT2D eigenvalue weighted by Crippen LogP contribution is 2.31. The minimum Gasteiger partial charge on any atom is -0.392 e. The normalized spacial score (nSPS) is 13.4. The summed E-state index contributed by atoms with van der Waals surface area (Å²) in [5, 5.41) is 11.4. The second kappa shape index (κ2) is 8.03. The highest BCUT2D eigenvalue weighted by molar-refractivity contribution is 6.30. The molecule has 0 radical (unpaired) electrons. The van der Waals surface area contributed by atoms with Crippen LogP contribution in [0, 0.1) is 19.3 Å². The maximum absolute atomic E-state index is 10.7. The van der Waals surface area contributed by atoms with Crippen LogP contribution in [0.4, 0.5) is 0 Å². The Morgan fingerprint density at radius 1 is 1.05 bits per heavy atom. The second-order valence-electron chi connectivity index (χ2n) is 5.60. The van der Waals surface area contributed by atoms with Crippen molar-refractivity contribution in [1.29, 1.82) is 0 Å². The molecular formula is C20H21ClO. The number of unbranched alkanes of at least 4 members (excludes halogenated alkanes) is 1. The van der Waals surface area contributed by atoms with Crippen LogP contribution in [0.15, 0.2) is 48.5 Å². The molecule has 0 aliphatic carbocycles. The standard InChI is InChI=1S/C20H21ClO/c1-3-4-5-6-19(22)20(16-9-7-15(2)8-10-16)17-11-13-18(21)14-12-17/h1,7-14,19-20,22H,4-6H2,2H3. The minimum absolute atomic E-state index is 0.0596. The van der Waals surface area contributed by atoms with Crippen LogP contribution in [0.5, 0.6) is 0 Å². The molecule has 2 atom stereocenters. The van der Waals surface area contributed by atoms with Gasteiger partial charge in [-0.1, -0.05) is 53.6 Å². The molecule has 0 saturated heterocycles. The van der Waals surface area contributed by atoms with Crippen LogP contribution in [-0.2, 0) is 0 Å². The van der Waals surface area contributed by atoms with E-state index in [-0.39, 0.29) is 5.92 Å². The van der Waals surface area contributed by atoms with E-state index in [1.807, 2.05) is 24.3 Å². The highest BCUT2D eigenvalue weighted by atomic mass is 35.5. The average Bonchev–Trinajstić information content (AvgIpc) is 2.52. The lowest BCUT2D eigenvalue weighted by molar-refractivity contribution is 0.144. The van der Waals surface area contributed by atoms with Gasteiger partial charge in [-0.15, -0.1) is 12.3 Å². The van der Waals surface area contributed by atoms with Crippen molar-refractivity contribution in [3.8, 4) is 12.3 Å². The Morgan fingerprint density at radius 2 is 1.59 bits per heavy atom. The van der Waals surface area contributed by atoms with Gasteiger partial charge in [-0.3, -0.25) is 0 Å². The summed E-state index contributed by atoms with van der Waals surface area (Å²) in [4.78, 5) is 0. The Kier molecular flexibility index (Phi) is 6.07. The predicted molar refractivity (Wildman–Crippen MR) is 93.2 cm³/mol. The Balaban J connectivity index is 2.29. The third-order valence-electron chi connectivity index (χ3n) is 3.87. The van der Waals surface area contributed by atoms with E-state index in [9.17, 15) is 5.11 Å². The molecule has 2 rings (SSSR count). The highest BCUT2D eigenvalue weighted by Gasteiger charge is 2.22. The lowest BCUT2D eigenvalue weighted by atomic mass is 9.84. The minimum atomic E-state index is -0.461. The van der Waals surface area contributed by atoms with Crippen molar-refractivity contribution < 1.29 is 5.11 Å². The molecule has 114 valence electrons. The summed E-state index contributed by atoms with van der Waals surface area (Å²) >= 11 is 5.98. The molecule has 0 saturated carbocycles. The van der Waals surface area contributed by atoms with Gasteiger partial charge < -0.3 is 5.11 Å². The number of aliphatic hydroxyl groups is 1. The summed E-state index contributed by atoms with van der Waals surface area (Å²) in [6.45, 7) is 2.06. The lowest BCUT2D eigenvalue weighted by Crippen LogP contribution is -2.19. The molecule has 0 aliphatic rings. The first kappa shape index (κ1) is 16.6. The number of benzene rings is 2.